The van der Waals surface area contributed by atoms with Crippen LogP contribution in [-0.2, 0) is 28.6 Å². The molecule has 7 nitrogen and oxygen atoms in total. The van der Waals surface area contributed by atoms with Crippen molar-refractivity contribution in [2.75, 3.05) is 0 Å². The molecule has 318 valence electrons. The number of benzene rings is 1. The maximum atomic E-state index is 12.0. The Hall–Kier alpha value is -3.22. The van der Waals surface area contributed by atoms with Crippen molar-refractivity contribution in [2.45, 2.75) is 188 Å². The summed E-state index contributed by atoms with van der Waals surface area (Å²) in [7, 11) is 0. The molecule has 0 aliphatic heterocycles. The zero-order valence-corrected chi connectivity index (χ0v) is 36.5. The normalized spacial score (nSPS) is 19.8. The summed E-state index contributed by atoms with van der Waals surface area (Å²) in [6.45, 7) is 11.4. The van der Waals surface area contributed by atoms with Gasteiger partial charge in [-0.3, -0.25) is 19.4 Å². The highest BCUT2D eigenvalue weighted by atomic mass is 16.6. The van der Waals surface area contributed by atoms with Crippen LogP contribution in [0.1, 0.15) is 193 Å². The summed E-state index contributed by atoms with van der Waals surface area (Å²) in [5, 5.41) is 0. The number of aromatic nitrogens is 1. The van der Waals surface area contributed by atoms with Crippen LogP contribution in [0.15, 0.2) is 54.7 Å². The number of carbonyl (C=O) groups excluding carboxylic acids is 3. The molecule has 4 aliphatic rings. The smallest absolute Gasteiger partial charge is 0.309 e. The molecule has 4 saturated carbocycles. The summed E-state index contributed by atoms with van der Waals surface area (Å²) < 4.78 is 17.5. The Morgan fingerprint density at radius 1 is 0.456 bits per heavy atom. The van der Waals surface area contributed by atoms with E-state index < -0.39 is 0 Å². The number of ether oxygens (including phenoxy) is 3. The molecule has 4 aliphatic carbocycles. The van der Waals surface area contributed by atoms with Crippen molar-refractivity contribution in [2.24, 2.45) is 41.4 Å². The van der Waals surface area contributed by atoms with Gasteiger partial charge in [0.25, 0.3) is 0 Å². The van der Waals surface area contributed by atoms with Crippen LogP contribution in [0.25, 0.3) is 0 Å². The average Bonchev–Trinajstić information content (AvgIpc) is 3.25. The van der Waals surface area contributed by atoms with E-state index in [4.69, 9.17) is 14.2 Å². The van der Waals surface area contributed by atoms with E-state index in [1.807, 2.05) is 77.9 Å². The van der Waals surface area contributed by atoms with Gasteiger partial charge in [-0.15, -0.1) is 0 Å². The molecule has 1 aromatic carbocycles. The third-order valence-electron chi connectivity index (χ3n) is 12.6. The van der Waals surface area contributed by atoms with Gasteiger partial charge >= 0.3 is 17.9 Å². The molecular formula is C50H77NO6. The van der Waals surface area contributed by atoms with E-state index in [-0.39, 0.29) is 54.0 Å². The Labute approximate surface area is 346 Å². The van der Waals surface area contributed by atoms with Gasteiger partial charge in [0.2, 0.25) is 0 Å². The first-order chi connectivity index (χ1) is 27.5. The molecule has 7 heteroatoms. The summed E-state index contributed by atoms with van der Waals surface area (Å²) in [6, 6.07) is 16.0. The minimum absolute atomic E-state index is 0.00896. The Balaban J connectivity index is 0.000000189. The van der Waals surface area contributed by atoms with Gasteiger partial charge in [-0.25, -0.2) is 0 Å². The summed E-state index contributed by atoms with van der Waals surface area (Å²) in [5.74, 6) is 1.85. The van der Waals surface area contributed by atoms with Crippen LogP contribution in [0, 0.1) is 41.4 Å². The molecular weight excluding hydrogens is 711 g/mol. The van der Waals surface area contributed by atoms with Crippen LogP contribution >= 0.6 is 0 Å². The molecule has 0 bridgehead atoms. The number of rotatable bonds is 12. The zero-order valence-electron chi connectivity index (χ0n) is 36.5. The lowest BCUT2D eigenvalue weighted by molar-refractivity contribution is -0.161. The molecule has 0 saturated heterocycles. The second-order valence-corrected chi connectivity index (χ2v) is 18.3. The zero-order chi connectivity index (χ0) is 41.0. The van der Waals surface area contributed by atoms with E-state index in [9.17, 15) is 14.4 Å². The second kappa shape index (κ2) is 25.3. The lowest BCUT2D eigenvalue weighted by Gasteiger charge is -2.37. The summed E-state index contributed by atoms with van der Waals surface area (Å²) in [5.41, 5.74) is 2.03. The van der Waals surface area contributed by atoms with Gasteiger partial charge in [-0.05, 0) is 80.9 Å². The van der Waals surface area contributed by atoms with E-state index in [1.165, 1.54) is 116 Å². The molecule has 4 fully saturated rings. The highest BCUT2D eigenvalue weighted by Crippen LogP contribution is 2.40. The quantitative estimate of drug-likeness (QED) is 0.156. The molecule has 2 aromatic rings. The van der Waals surface area contributed by atoms with Crippen molar-refractivity contribution in [3.63, 3.8) is 0 Å². The maximum absolute atomic E-state index is 12.0. The van der Waals surface area contributed by atoms with Gasteiger partial charge in [-0.2, -0.15) is 0 Å². The molecule has 6 rings (SSSR count). The lowest BCUT2D eigenvalue weighted by Crippen LogP contribution is -2.37. The molecule has 0 amide bonds. The maximum Gasteiger partial charge on any atom is 0.309 e. The molecule has 2 atom stereocenters. The number of nitrogens with zero attached hydrogens (tertiary/aromatic N) is 1. The molecule has 2 unspecified atom stereocenters. The van der Waals surface area contributed by atoms with Gasteiger partial charge in [0.05, 0.1) is 23.4 Å². The minimum Gasteiger partial charge on any atom is -0.462 e. The Kier molecular flexibility index (Phi) is 20.6. The van der Waals surface area contributed by atoms with E-state index >= 15 is 0 Å². The van der Waals surface area contributed by atoms with E-state index in [0.29, 0.717) is 23.7 Å². The first-order valence-corrected chi connectivity index (χ1v) is 23.1. The fourth-order valence-electron chi connectivity index (χ4n) is 9.19. The molecule has 0 radical (unpaired) electrons. The van der Waals surface area contributed by atoms with Crippen molar-refractivity contribution in [3.05, 3.63) is 66.0 Å². The lowest BCUT2D eigenvalue weighted by atomic mass is 9.75. The van der Waals surface area contributed by atoms with E-state index in [2.05, 4.69) is 17.1 Å². The van der Waals surface area contributed by atoms with Crippen molar-refractivity contribution >= 4 is 17.9 Å². The second-order valence-electron chi connectivity index (χ2n) is 18.3. The van der Waals surface area contributed by atoms with Gasteiger partial charge in [0, 0.05) is 18.0 Å². The van der Waals surface area contributed by atoms with Crippen LogP contribution < -0.4 is 0 Å². The minimum atomic E-state index is -0.170. The Bertz CT molecular complexity index is 1310. The van der Waals surface area contributed by atoms with Gasteiger partial charge < -0.3 is 14.2 Å². The van der Waals surface area contributed by atoms with Crippen molar-refractivity contribution < 1.29 is 28.6 Å². The Morgan fingerprint density at radius 2 is 0.825 bits per heavy atom. The summed E-state index contributed by atoms with van der Waals surface area (Å²) >= 11 is 0. The third-order valence-corrected chi connectivity index (χ3v) is 12.6. The molecule has 1 heterocycles. The Morgan fingerprint density at radius 3 is 1.23 bits per heavy atom. The van der Waals surface area contributed by atoms with Crippen molar-refractivity contribution in [3.8, 4) is 0 Å². The molecule has 0 N–H and O–H groups in total. The van der Waals surface area contributed by atoms with E-state index in [0.717, 1.165) is 24.1 Å². The number of pyridine rings is 1. The van der Waals surface area contributed by atoms with Crippen LogP contribution in [-0.4, -0.2) is 29.0 Å². The molecule has 0 spiro atoms. The van der Waals surface area contributed by atoms with E-state index in [1.54, 1.807) is 6.20 Å². The van der Waals surface area contributed by atoms with Crippen LogP contribution in [0.4, 0.5) is 0 Å². The fourth-order valence-corrected chi connectivity index (χ4v) is 9.19. The largest absolute Gasteiger partial charge is 0.462 e. The highest BCUT2D eigenvalue weighted by Gasteiger charge is 2.35. The van der Waals surface area contributed by atoms with Gasteiger partial charge in [0.15, 0.2) is 0 Å². The SMILES string of the molecule is CC(C)C(=O)OC(C1CCCCC1)C1CCCCC1.CC(C)C(=O)OC(c1ccccc1)C1CCCCC1.CC(C)C(=O)OC(c1ccccn1)C1CCCCC1. The van der Waals surface area contributed by atoms with Gasteiger partial charge in [0.1, 0.15) is 18.3 Å². The highest BCUT2D eigenvalue weighted by molar-refractivity contribution is 5.72. The standard InChI is InChI=1S/C17H30O2.C17H24O2.C16H23NO2/c2*1-13(2)17(18)19-16(14-9-5-3-6-10-14)15-11-7-4-8-12-15;1-12(2)16(18)19-15(13-8-4-3-5-9-13)14-10-6-7-11-17-14/h13-16H,3-12H2,1-2H3;3,5-6,9-10,13,15-16H,4,7-8,11-12H2,1-2H3;6-7,10-13,15H,3-5,8-9H2,1-2H3. The van der Waals surface area contributed by atoms with Crippen LogP contribution in [0.3, 0.4) is 0 Å². The van der Waals surface area contributed by atoms with Crippen LogP contribution in [0.5, 0.6) is 0 Å². The monoisotopic (exact) mass is 788 g/mol. The number of carbonyl (C=O) groups is 3. The molecule has 57 heavy (non-hydrogen) atoms. The number of hydrogen-bond donors (Lipinski definition) is 0. The van der Waals surface area contributed by atoms with Crippen LogP contribution in [0.2, 0.25) is 0 Å². The predicted octanol–water partition coefficient (Wildman–Crippen LogP) is 13.1. The summed E-state index contributed by atoms with van der Waals surface area (Å²) in [6.07, 6.45) is 27.1. The van der Waals surface area contributed by atoms with Crippen molar-refractivity contribution in [1.29, 1.82) is 0 Å². The van der Waals surface area contributed by atoms with Crippen molar-refractivity contribution in [1.82, 2.24) is 4.98 Å². The first-order valence-electron chi connectivity index (χ1n) is 23.1. The summed E-state index contributed by atoms with van der Waals surface area (Å²) in [4.78, 5) is 40.3. The molecule has 1 aromatic heterocycles. The number of hydrogen-bond acceptors (Lipinski definition) is 7. The third kappa shape index (κ3) is 15.8. The van der Waals surface area contributed by atoms with Gasteiger partial charge in [-0.1, -0.05) is 155 Å². The topological polar surface area (TPSA) is 91.8 Å². The number of esters is 3. The first kappa shape index (κ1) is 46.5. The average molecular weight is 788 g/mol. The fraction of sp³-hybridized carbons (Fsp3) is 0.720. The predicted molar refractivity (Wildman–Crippen MR) is 229 cm³/mol.